The molecular formula is C24H43NO4. The first-order valence-electron chi connectivity index (χ1n) is 11.4. The van der Waals surface area contributed by atoms with Crippen LogP contribution < -0.4 is 0 Å². The summed E-state index contributed by atoms with van der Waals surface area (Å²) in [6, 6.07) is -0.652. The molecule has 0 spiro atoms. The Hall–Kier alpha value is -1.70. The molecular weight excluding hydrogens is 366 g/mol. The van der Waals surface area contributed by atoms with Crippen molar-refractivity contribution in [2.45, 2.75) is 104 Å². The van der Waals surface area contributed by atoms with E-state index in [4.69, 9.17) is 15.9 Å². The van der Waals surface area contributed by atoms with E-state index in [1.165, 1.54) is 62.7 Å². The van der Waals surface area contributed by atoms with E-state index >= 15 is 0 Å². The van der Waals surface area contributed by atoms with E-state index in [0.717, 1.165) is 12.8 Å². The fraction of sp³-hybridized carbons (Fsp3) is 0.833. The van der Waals surface area contributed by atoms with E-state index < -0.39 is 12.1 Å². The van der Waals surface area contributed by atoms with Crippen molar-refractivity contribution in [2.75, 3.05) is 20.3 Å². The molecule has 0 aliphatic rings. The molecule has 0 radical (unpaired) electrons. The lowest BCUT2D eigenvalue weighted by molar-refractivity contribution is -0.150. The highest BCUT2D eigenvalue weighted by Gasteiger charge is 2.32. The molecule has 168 valence electrons. The molecule has 29 heavy (non-hydrogen) atoms. The van der Waals surface area contributed by atoms with Gasteiger partial charge < -0.3 is 9.47 Å². The first-order valence-corrected chi connectivity index (χ1v) is 11.4. The smallest absolute Gasteiger partial charge is 0.410 e. The van der Waals surface area contributed by atoms with Crippen molar-refractivity contribution in [1.29, 1.82) is 0 Å². The van der Waals surface area contributed by atoms with Crippen LogP contribution in [0.3, 0.4) is 0 Å². The molecule has 0 heterocycles. The van der Waals surface area contributed by atoms with Gasteiger partial charge in [0.1, 0.15) is 12.6 Å². The van der Waals surface area contributed by atoms with Crippen molar-refractivity contribution in [1.82, 2.24) is 4.90 Å². The van der Waals surface area contributed by atoms with Gasteiger partial charge in [0.15, 0.2) is 0 Å². The predicted octanol–water partition coefficient (Wildman–Crippen LogP) is 5.96. The van der Waals surface area contributed by atoms with Crippen molar-refractivity contribution in [3.05, 3.63) is 0 Å². The van der Waals surface area contributed by atoms with Crippen LogP contribution in [-0.2, 0) is 14.3 Å². The van der Waals surface area contributed by atoms with Crippen molar-refractivity contribution in [3.63, 3.8) is 0 Å². The molecule has 0 saturated carbocycles. The van der Waals surface area contributed by atoms with Crippen molar-refractivity contribution >= 4 is 12.1 Å². The molecule has 0 aliphatic carbocycles. The molecule has 0 aromatic carbocycles. The van der Waals surface area contributed by atoms with Crippen molar-refractivity contribution in [3.8, 4) is 12.3 Å². The normalized spacial score (nSPS) is 11.7. The van der Waals surface area contributed by atoms with Crippen LogP contribution in [0.1, 0.15) is 97.8 Å². The molecule has 0 saturated heterocycles. The van der Waals surface area contributed by atoms with E-state index in [1.807, 2.05) is 13.8 Å². The third-order valence-corrected chi connectivity index (χ3v) is 5.04. The molecule has 1 amide bonds. The largest absolute Gasteiger partial charge is 0.464 e. The summed E-state index contributed by atoms with van der Waals surface area (Å²) in [6.45, 7) is 6.57. The summed E-state index contributed by atoms with van der Waals surface area (Å²) in [4.78, 5) is 25.8. The minimum absolute atomic E-state index is 0.0648. The van der Waals surface area contributed by atoms with Crippen LogP contribution in [0.5, 0.6) is 0 Å². The Morgan fingerprint density at radius 3 is 1.86 bits per heavy atom. The zero-order valence-corrected chi connectivity index (χ0v) is 19.2. The van der Waals surface area contributed by atoms with E-state index in [1.54, 1.807) is 7.05 Å². The summed E-state index contributed by atoms with van der Waals surface area (Å²) in [6.07, 6.45) is 18.7. The number of hydrogen-bond donors (Lipinski definition) is 0. The third kappa shape index (κ3) is 14.0. The fourth-order valence-electron chi connectivity index (χ4n) is 3.31. The van der Waals surface area contributed by atoms with Gasteiger partial charge in [-0.2, -0.15) is 0 Å². The molecule has 0 rings (SSSR count). The molecule has 0 aromatic heterocycles. The Labute approximate surface area is 178 Å². The number of likely N-dealkylation sites (N-methyl/N-ethyl adjacent to an activating group) is 1. The zero-order chi connectivity index (χ0) is 21.9. The summed E-state index contributed by atoms with van der Waals surface area (Å²) in [5.74, 6) is 1.98. The van der Waals surface area contributed by atoms with Crippen LogP contribution in [0, 0.1) is 18.3 Å². The van der Waals surface area contributed by atoms with Crippen LogP contribution >= 0.6 is 0 Å². The van der Waals surface area contributed by atoms with Gasteiger partial charge in [0.2, 0.25) is 0 Å². The number of carbonyl (C=O) groups excluding carboxylic acids is 2. The van der Waals surface area contributed by atoms with Crippen LogP contribution in [0.4, 0.5) is 4.79 Å². The molecule has 5 heteroatoms. The Balaban J connectivity index is 3.93. The second-order valence-electron chi connectivity index (χ2n) is 8.07. The molecule has 0 aliphatic heterocycles. The van der Waals surface area contributed by atoms with Gasteiger partial charge in [0, 0.05) is 13.5 Å². The molecule has 1 atom stereocenters. The lowest BCUT2D eigenvalue weighted by Crippen LogP contribution is -2.46. The molecule has 1 unspecified atom stereocenters. The van der Waals surface area contributed by atoms with Crippen LogP contribution in [-0.4, -0.2) is 43.3 Å². The highest BCUT2D eigenvalue weighted by Crippen LogP contribution is 2.14. The van der Waals surface area contributed by atoms with E-state index in [2.05, 4.69) is 12.8 Å². The summed E-state index contributed by atoms with van der Waals surface area (Å²) < 4.78 is 10.5. The number of terminal acetylenes is 1. The molecule has 0 bridgehead atoms. The second kappa shape index (κ2) is 18.3. The van der Waals surface area contributed by atoms with Gasteiger partial charge in [0.25, 0.3) is 0 Å². The number of amides is 1. The maximum atomic E-state index is 12.4. The number of unbranched alkanes of at least 4 members (excludes halogenated alkanes) is 10. The SMILES string of the molecule is C#CCCOC(=O)N(C)C(C(=O)OCCCCCCCCCCCCC)C(C)C. The molecule has 5 nitrogen and oxygen atoms in total. The van der Waals surface area contributed by atoms with Gasteiger partial charge in [-0.1, -0.05) is 85.0 Å². The third-order valence-electron chi connectivity index (χ3n) is 5.04. The van der Waals surface area contributed by atoms with Gasteiger partial charge in [-0.05, 0) is 12.3 Å². The van der Waals surface area contributed by atoms with Gasteiger partial charge >= 0.3 is 12.1 Å². The number of rotatable bonds is 17. The topological polar surface area (TPSA) is 55.8 Å². The minimum atomic E-state index is -0.652. The Bertz CT molecular complexity index is 470. The minimum Gasteiger partial charge on any atom is -0.464 e. The van der Waals surface area contributed by atoms with Crippen LogP contribution in [0.25, 0.3) is 0 Å². The molecule has 0 aromatic rings. The van der Waals surface area contributed by atoms with E-state index in [-0.39, 0.29) is 18.5 Å². The van der Waals surface area contributed by atoms with E-state index in [0.29, 0.717) is 13.0 Å². The van der Waals surface area contributed by atoms with Gasteiger partial charge in [-0.3, -0.25) is 4.90 Å². The Morgan fingerprint density at radius 2 is 1.38 bits per heavy atom. The van der Waals surface area contributed by atoms with Crippen LogP contribution in [0.15, 0.2) is 0 Å². The predicted molar refractivity (Wildman–Crippen MR) is 119 cm³/mol. The number of esters is 1. The van der Waals surface area contributed by atoms with Gasteiger partial charge in [0.05, 0.1) is 6.61 Å². The quantitative estimate of drug-likeness (QED) is 0.169. The average Bonchev–Trinajstić information content (AvgIpc) is 2.68. The maximum Gasteiger partial charge on any atom is 0.410 e. The lowest BCUT2D eigenvalue weighted by atomic mass is 10.0. The van der Waals surface area contributed by atoms with E-state index in [9.17, 15) is 9.59 Å². The average molecular weight is 410 g/mol. The lowest BCUT2D eigenvalue weighted by Gasteiger charge is -2.28. The molecule has 0 fully saturated rings. The monoisotopic (exact) mass is 409 g/mol. The summed E-state index contributed by atoms with van der Waals surface area (Å²) >= 11 is 0. The highest BCUT2D eigenvalue weighted by molar-refractivity contribution is 5.81. The Morgan fingerprint density at radius 1 is 0.862 bits per heavy atom. The summed E-state index contributed by atoms with van der Waals surface area (Å²) in [5.41, 5.74) is 0. The summed E-state index contributed by atoms with van der Waals surface area (Å²) in [5, 5.41) is 0. The standard InChI is InChI=1S/C24H43NO4/c1-6-8-10-11-12-13-14-15-16-17-18-20-28-23(26)22(21(3)4)25(5)24(27)29-19-9-7-2/h2,21-22H,6,8-20H2,1,3-5H3. The number of hydrogen-bond acceptors (Lipinski definition) is 4. The number of ether oxygens (including phenoxy) is 2. The van der Waals surface area contributed by atoms with Gasteiger partial charge in [-0.15, -0.1) is 12.3 Å². The number of carbonyl (C=O) groups is 2. The van der Waals surface area contributed by atoms with Crippen LogP contribution in [0.2, 0.25) is 0 Å². The first-order chi connectivity index (χ1) is 14.0. The highest BCUT2D eigenvalue weighted by atomic mass is 16.6. The number of nitrogens with zero attached hydrogens (tertiary/aromatic N) is 1. The maximum absolute atomic E-state index is 12.4. The Kier molecular flexibility index (Phi) is 17.3. The fourth-order valence-corrected chi connectivity index (χ4v) is 3.31. The second-order valence-corrected chi connectivity index (χ2v) is 8.07. The summed E-state index contributed by atoms with van der Waals surface area (Å²) in [7, 11) is 1.56. The van der Waals surface area contributed by atoms with Crippen molar-refractivity contribution in [2.24, 2.45) is 5.92 Å². The van der Waals surface area contributed by atoms with Gasteiger partial charge in [-0.25, -0.2) is 9.59 Å². The van der Waals surface area contributed by atoms with Crippen molar-refractivity contribution < 1.29 is 19.1 Å². The molecule has 0 N–H and O–H groups in total. The first kappa shape index (κ1) is 27.3. The zero-order valence-electron chi connectivity index (χ0n) is 19.2.